The van der Waals surface area contributed by atoms with E-state index in [4.69, 9.17) is 10.1 Å². The Bertz CT molecular complexity index is 795. The van der Waals surface area contributed by atoms with E-state index < -0.39 is 42.5 Å². The van der Waals surface area contributed by atoms with E-state index in [1.54, 1.807) is 0 Å². The van der Waals surface area contributed by atoms with Gasteiger partial charge < -0.3 is 30.6 Å². The molecule has 7 unspecified atom stereocenters. The Labute approximate surface area is 182 Å². The van der Waals surface area contributed by atoms with Crippen molar-refractivity contribution in [1.82, 2.24) is 5.32 Å². The number of aliphatic hydroxyl groups is 3. The highest BCUT2D eigenvalue weighted by atomic mass is 16.5. The number of nitrogens with one attached hydrogen (secondary N) is 2. The smallest absolute Gasteiger partial charge is 0.370 e. The van der Waals surface area contributed by atoms with Crippen LogP contribution in [-0.4, -0.2) is 62.7 Å². The lowest BCUT2D eigenvalue weighted by Crippen LogP contribution is -2.58. The number of ether oxygens (including phenoxy) is 1. The number of benzene rings is 1. The number of allylic oxidation sites excluding steroid dienone is 1. The molecule has 2 rings (SSSR count). The molecule has 0 saturated carbocycles. The summed E-state index contributed by atoms with van der Waals surface area (Å²) in [5.74, 6) is -2.30. The Kier molecular flexibility index (Phi) is 8.94. The highest BCUT2D eigenvalue weighted by molar-refractivity contribution is 5.92. The van der Waals surface area contributed by atoms with Crippen molar-refractivity contribution in [2.24, 2.45) is 5.92 Å². The van der Waals surface area contributed by atoms with E-state index >= 15 is 0 Å². The molecular formula is C23H32N2O6. The van der Waals surface area contributed by atoms with Gasteiger partial charge in [-0.05, 0) is 43.4 Å². The van der Waals surface area contributed by atoms with Crippen LogP contribution in [-0.2, 0) is 9.53 Å². The van der Waals surface area contributed by atoms with E-state index in [0.29, 0.717) is 0 Å². The van der Waals surface area contributed by atoms with Crippen LogP contribution >= 0.6 is 0 Å². The molecule has 8 heteroatoms. The maximum atomic E-state index is 11.6. The number of carboxylic acids is 1. The molecule has 6 N–H and O–H groups in total. The monoisotopic (exact) mass is 432 g/mol. The van der Waals surface area contributed by atoms with E-state index in [1.807, 2.05) is 37.3 Å². The SMILES string of the molecule is C=CC(=N)CC1C=C(C(=O)O)OC(C(O)C(O)CC(C)c2ccccc2)C1NC(C)O. The van der Waals surface area contributed by atoms with Crippen molar-refractivity contribution >= 4 is 11.7 Å². The lowest BCUT2D eigenvalue weighted by Gasteiger charge is -2.41. The van der Waals surface area contributed by atoms with Gasteiger partial charge in [-0.2, -0.15) is 0 Å². The molecule has 0 saturated heterocycles. The largest absolute Gasteiger partial charge is 0.479 e. The van der Waals surface area contributed by atoms with Gasteiger partial charge >= 0.3 is 5.97 Å². The third-order valence-corrected chi connectivity index (χ3v) is 5.48. The number of rotatable bonds is 11. The summed E-state index contributed by atoms with van der Waals surface area (Å²) in [7, 11) is 0. The molecule has 7 atom stereocenters. The summed E-state index contributed by atoms with van der Waals surface area (Å²) in [6.07, 6.45) is -1.68. The molecule has 1 aromatic rings. The van der Waals surface area contributed by atoms with E-state index in [0.717, 1.165) is 5.56 Å². The molecule has 8 nitrogen and oxygen atoms in total. The third kappa shape index (κ3) is 6.73. The van der Waals surface area contributed by atoms with Gasteiger partial charge in [-0.25, -0.2) is 4.79 Å². The zero-order valence-corrected chi connectivity index (χ0v) is 17.8. The van der Waals surface area contributed by atoms with E-state index in [9.17, 15) is 25.2 Å². The molecule has 0 bridgehead atoms. The van der Waals surface area contributed by atoms with Crippen LogP contribution in [0.3, 0.4) is 0 Å². The van der Waals surface area contributed by atoms with Crippen molar-refractivity contribution in [3.63, 3.8) is 0 Å². The summed E-state index contributed by atoms with van der Waals surface area (Å²) >= 11 is 0. The molecule has 0 fully saturated rings. The van der Waals surface area contributed by atoms with Crippen LogP contribution < -0.4 is 5.32 Å². The molecule has 0 aliphatic carbocycles. The fraction of sp³-hybridized carbons (Fsp3) is 0.478. The van der Waals surface area contributed by atoms with Gasteiger partial charge in [-0.1, -0.05) is 43.8 Å². The second-order valence-electron chi connectivity index (χ2n) is 7.99. The van der Waals surface area contributed by atoms with Gasteiger partial charge in [0, 0.05) is 11.6 Å². The maximum absolute atomic E-state index is 11.6. The number of aliphatic hydroxyl groups excluding tert-OH is 3. The minimum atomic E-state index is -1.43. The molecule has 1 aliphatic rings. The normalized spacial score (nSPS) is 24.8. The van der Waals surface area contributed by atoms with Gasteiger partial charge in [0.25, 0.3) is 0 Å². The van der Waals surface area contributed by atoms with Crippen LogP contribution in [0.25, 0.3) is 0 Å². The lowest BCUT2D eigenvalue weighted by molar-refractivity contribution is -0.146. The highest BCUT2D eigenvalue weighted by Crippen LogP contribution is 2.31. The van der Waals surface area contributed by atoms with Gasteiger partial charge in [-0.15, -0.1) is 0 Å². The molecule has 0 aromatic heterocycles. The number of carboxylic acid groups (broad SMARTS) is 1. The standard InChI is InChI=1S/C23H32N2O6/c1-4-17(24)11-16-12-19(23(29)30)31-22(20(16)25-14(3)26)21(28)18(27)10-13(2)15-8-6-5-7-9-15/h4-9,12-14,16,18,20-22,24-28H,1,10-11H2,2-3H3,(H,29,30). The number of hydrogen-bond donors (Lipinski definition) is 6. The van der Waals surface area contributed by atoms with Gasteiger partial charge in [0.15, 0.2) is 0 Å². The average Bonchev–Trinajstić information content (AvgIpc) is 2.74. The van der Waals surface area contributed by atoms with Crippen LogP contribution in [0.15, 0.2) is 54.8 Å². The third-order valence-electron chi connectivity index (χ3n) is 5.48. The van der Waals surface area contributed by atoms with Gasteiger partial charge in [0.1, 0.15) is 18.4 Å². The van der Waals surface area contributed by atoms with Crippen molar-refractivity contribution in [1.29, 1.82) is 5.41 Å². The van der Waals surface area contributed by atoms with Crippen molar-refractivity contribution < 1.29 is 30.0 Å². The first-order valence-electron chi connectivity index (χ1n) is 10.3. The van der Waals surface area contributed by atoms with Gasteiger partial charge in [0.2, 0.25) is 5.76 Å². The van der Waals surface area contributed by atoms with Crippen molar-refractivity contribution in [2.75, 3.05) is 0 Å². The van der Waals surface area contributed by atoms with Crippen molar-refractivity contribution in [3.8, 4) is 0 Å². The number of carbonyl (C=O) groups is 1. The topological polar surface area (TPSA) is 143 Å². The number of aliphatic carboxylic acids is 1. The van der Waals surface area contributed by atoms with E-state index in [2.05, 4.69) is 11.9 Å². The Morgan fingerprint density at radius 3 is 2.45 bits per heavy atom. The summed E-state index contributed by atoms with van der Waals surface area (Å²) in [6, 6.07) is 8.81. The highest BCUT2D eigenvalue weighted by Gasteiger charge is 2.43. The summed E-state index contributed by atoms with van der Waals surface area (Å²) in [6.45, 7) is 6.97. The quantitative estimate of drug-likeness (QED) is 0.231. The Balaban J connectivity index is 2.27. The lowest BCUT2D eigenvalue weighted by atomic mass is 9.82. The van der Waals surface area contributed by atoms with Crippen LogP contribution in [0.2, 0.25) is 0 Å². The molecule has 31 heavy (non-hydrogen) atoms. The predicted molar refractivity (Wildman–Crippen MR) is 117 cm³/mol. The Hall–Kier alpha value is -2.52. The molecule has 0 radical (unpaired) electrons. The average molecular weight is 433 g/mol. The second kappa shape index (κ2) is 11.2. The van der Waals surface area contributed by atoms with Crippen LogP contribution in [0, 0.1) is 11.3 Å². The zero-order chi connectivity index (χ0) is 23.1. The first kappa shape index (κ1) is 24.7. The minimum Gasteiger partial charge on any atom is -0.479 e. The fourth-order valence-corrected chi connectivity index (χ4v) is 3.86. The molecule has 1 aliphatic heterocycles. The van der Waals surface area contributed by atoms with Gasteiger partial charge in [-0.3, -0.25) is 5.32 Å². The maximum Gasteiger partial charge on any atom is 0.370 e. The fourth-order valence-electron chi connectivity index (χ4n) is 3.86. The molecule has 0 spiro atoms. The summed E-state index contributed by atoms with van der Waals surface area (Å²) in [5.41, 5.74) is 1.18. The molecule has 170 valence electrons. The van der Waals surface area contributed by atoms with Crippen molar-refractivity contribution in [2.45, 2.75) is 63.2 Å². The zero-order valence-electron chi connectivity index (χ0n) is 17.8. The molecular weight excluding hydrogens is 400 g/mol. The van der Waals surface area contributed by atoms with Crippen LogP contribution in [0.1, 0.15) is 38.2 Å². The predicted octanol–water partition coefficient (Wildman–Crippen LogP) is 1.78. The van der Waals surface area contributed by atoms with Crippen LogP contribution in [0.5, 0.6) is 0 Å². The first-order chi connectivity index (χ1) is 14.6. The van der Waals surface area contributed by atoms with Gasteiger partial charge in [0.05, 0.1) is 12.1 Å². The second-order valence-corrected chi connectivity index (χ2v) is 7.99. The Morgan fingerprint density at radius 1 is 1.26 bits per heavy atom. The summed E-state index contributed by atoms with van der Waals surface area (Å²) in [5, 5.41) is 51.9. The van der Waals surface area contributed by atoms with E-state index in [1.165, 1.54) is 19.1 Å². The van der Waals surface area contributed by atoms with Crippen LogP contribution in [0.4, 0.5) is 0 Å². The van der Waals surface area contributed by atoms with Crippen molar-refractivity contribution in [3.05, 3.63) is 60.4 Å². The molecule has 1 heterocycles. The number of hydrogen-bond acceptors (Lipinski definition) is 7. The van der Waals surface area contributed by atoms with E-state index in [-0.39, 0.29) is 30.2 Å². The Morgan fingerprint density at radius 2 is 1.90 bits per heavy atom. The summed E-state index contributed by atoms with van der Waals surface area (Å²) in [4.78, 5) is 11.6. The summed E-state index contributed by atoms with van der Waals surface area (Å²) < 4.78 is 5.56. The first-order valence-corrected chi connectivity index (χ1v) is 10.3. The molecule has 0 amide bonds. The molecule has 1 aromatic carbocycles. The minimum absolute atomic E-state index is 0.0585.